The van der Waals surface area contributed by atoms with Gasteiger partial charge in [0, 0.05) is 55.9 Å². The summed E-state index contributed by atoms with van der Waals surface area (Å²) in [6.45, 7) is 7.71. The highest BCUT2D eigenvalue weighted by Crippen LogP contribution is 2.39. The number of aromatic amines is 1. The highest BCUT2D eigenvalue weighted by atomic mass is 16.1. The highest BCUT2D eigenvalue weighted by molar-refractivity contribution is 6.02. The van der Waals surface area contributed by atoms with Crippen molar-refractivity contribution in [3.05, 3.63) is 41.7 Å². The van der Waals surface area contributed by atoms with E-state index < -0.39 is 0 Å². The normalized spacial score (nSPS) is 28.4. The summed E-state index contributed by atoms with van der Waals surface area (Å²) in [6.07, 6.45) is 3.81. The number of nitrogens with one attached hydrogen (secondary N) is 3. The number of likely N-dealkylation sites (tertiary alicyclic amines) is 1. The smallest absolute Gasteiger partial charge is 0.276 e. The number of H-pyrrole nitrogens is 1. The van der Waals surface area contributed by atoms with Crippen LogP contribution in [0.2, 0.25) is 0 Å². The van der Waals surface area contributed by atoms with E-state index in [9.17, 15) is 4.79 Å². The molecule has 138 valence electrons. The van der Waals surface area contributed by atoms with Crippen LogP contribution in [-0.4, -0.2) is 47.8 Å². The van der Waals surface area contributed by atoms with Gasteiger partial charge < -0.3 is 10.6 Å². The molecule has 2 aromatic rings. The summed E-state index contributed by atoms with van der Waals surface area (Å²) in [5, 5.41) is 13.3. The molecule has 0 aliphatic carbocycles. The Morgan fingerprint density at radius 1 is 1.27 bits per heavy atom. The monoisotopic (exact) mass is 354 g/mol. The minimum absolute atomic E-state index is 0.180. The van der Waals surface area contributed by atoms with Crippen LogP contribution < -0.4 is 15.1 Å². The van der Waals surface area contributed by atoms with E-state index in [-0.39, 0.29) is 5.91 Å². The minimum atomic E-state index is -0.180. The van der Waals surface area contributed by atoms with Gasteiger partial charge in [-0.3, -0.25) is 14.4 Å². The standard InChI is InChI=1S/C20H27N5O/c1-14-12-19(24-23-14)20(26)22-16-5-7-17(8-6-16)25(11-3-4-15(25)2)18-9-10-21-13-18/h5-8,12,15,18,21H,3-4,9-11,13H2,1-2H3,(H-,22,23,24,26)/p+1. The molecule has 2 aliphatic heterocycles. The quantitative estimate of drug-likeness (QED) is 0.740. The van der Waals surface area contributed by atoms with E-state index >= 15 is 0 Å². The third kappa shape index (κ3) is 2.93. The lowest BCUT2D eigenvalue weighted by molar-refractivity contribution is 0.102. The predicted molar refractivity (Wildman–Crippen MR) is 104 cm³/mol. The Kier molecular flexibility index (Phi) is 4.54. The summed E-state index contributed by atoms with van der Waals surface area (Å²) in [4.78, 5) is 12.3. The molecule has 1 aromatic carbocycles. The first-order chi connectivity index (χ1) is 12.6. The number of benzene rings is 1. The maximum absolute atomic E-state index is 12.3. The Morgan fingerprint density at radius 2 is 2.08 bits per heavy atom. The van der Waals surface area contributed by atoms with Gasteiger partial charge in [-0.2, -0.15) is 5.10 Å². The van der Waals surface area contributed by atoms with Gasteiger partial charge in [0.05, 0.1) is 12.6 Å². The van der Waals surface area contributed by atoms with E-state index in [1.54, 1.807) is 6.07 Å². The van der Waals surface area contributed by atoms with Gasteiger partial charge in [-0.05, 0) is 32.0 Å². The Hall–Kier alpha value is -2.18. The second kappa shape index (κ2) is 6.85. The van der Waals surface area contributed by atoms with E-state index in [0.717, 1.165) is 29.0 Å². The van der Waals surface area contributed by atoms with Crippen LogP contribution in [0.15, 0.2) is 30.3 Å². The average Bonchev–Trinajstić information content (AvgIpc) is 3.37. The maximum atomic E-state index is 12.3. The largest absolute Gasteiger partial charge is 0.321 e. The topological polar surface area (TPSA) is 69.8 Å². The summed E-state index contributed by atoms with van der Waals surface area (Å²) in [6, 6.07) is 11.5. The Labute approximate surface area is 154 Å². The lowest BCUT2D eigenvalue weighted by Gasteiger charge is -2.43. The third-order valence-corrected chi connectivity index (χ3v) is 6.17. The number of amides is 1. The van der Waals surface area contributed by atoms with Crippen molar-refractivity contribution in [1.29, 1.82) is 0 Å². The fourth-order valence-electron chi connectivity index (χ4n) is 4.82. The first-order valence-electron chi connectivity index (χ1n) is 9.62. The molecule has 0 spiro atoms. The van der Waals surface area contributed by atoms with Gasteiger partial charge in [-0.15, -0.1) is 0 Å². The van der Waals surface area contributed by atoms with Crippen molar-refractivity contribution in [1.82, 2.24) is 20.0 Å². The number of aryl methyl sites for hydroxylation is 1. The molecule has 1 amide bonds. The number of carbonyl (C=O) groups excluding carboxylic acids is 1. The zero-order valence-electron chi connectivity index (χ0n) is 15.6. The number of aromatic nitrogens is 2. The molecule has 26 heavy (non-hydrogen) atoms. The number of quaternary nitrogens is 1. The van der Waals surface area contributed by atoms with Gasteiger partial charge in [0.15, 0.2) is 5.69 Å². The second-order valence-corrected chi connectivity index (χ2v) is 7.73. The van der Waals surface area contributed by atoms with E-state index in [0.29, 0.717) is 17.8 Å². The SMILES string of the molecule is Cc1cc(C(=O)Nc2ccc([N+]3(C4CCNC4)CCCC3C)cc2)n[nH]1. The molecule has 0 radical (unpaired) electrons. The molecule has 3 heterocycles. The van der Waals surface area contributed by atoms with Crippen molar-refractivity contribution in [2.45, 2.75) is 45.2 Å². The molecule has 2 saturated heterocycles. The van der Waals surface area contributed by atoms with E-state index in [1.807, 2.05) is 19.1 Å². The van der Waals surface area contributed by atoms with Crippen molar-refractivity contribution in [2.75, 3.05) is 25.0 Å². The van der Waals surface area contributed by atoms with Crippen LogP contribution in [-0.2, 0) is 0 Å². The third-order valence-electron chi connectivity index (χ3n) is 6.17. The summed E-state index contributed by atoms with van der Waals surface area (Å²) in [5.41, 5.74) is 3.48. The molecule has 3 N–H and O–H groups in total. The van der Waals surface area contributed by atoms with Crippen LogP contribution >= 0.6 is 0 Å². The summed E-state index contributed by atoms with van der Waals surface area (Å²) >= 11 is 0. The Bertz CT molecular complexity index is 778. The number of nitrogens with zero attached hydrogens (tertiary/aromatic N) is 2. The van der Waals surface area contributed by atoms with E-state index in [1.165, 1.54) is 31.5 Å². The molecule has 2 fully saturated rings. The Morgan fingerprint density at radius 3 is 2.65 bits per heavy atom. The molecule has 2 aliphatic rings. The molecule has 4 rings (SSSR count). The molecule has 1 aromatic heterocycles. The number of carbonyl (C=O) groups is 1. The summed E-state index contributed by atoms with van der Waals surface area (Å²) in [5.74, 6) is -0.180. The zero-order valence-corrected chi connectivity index (χ0v) is 15.6. The molecule has 0 bridgehead atoms. The van der Waals surface area contributed by atoms with Crippen LogP contribution in [0.4, 0.5) is 11.4 Å². The van der Waals surface area contributed by atoms with Gasteiger partial charge in [0.25, 0.3) is 5.91 Å². The van der Waals surface area contributed by atoms with Crippen molar-refractivity contribution >= 4 is 17.3 Å². The fraction of sp³-hybridized carbons (Fsp3) is 0.500. The van der Waals surface area contributed by atoms with Crippen LogP contribution in [0.25, 0.3) is 0 Å². The van der Waals surface area contributed by atoms with Crippen molar-refractivity contribution < 1.29 is 4.79 Å². The minimum Gasteiger partial charge on any atom is -0.321 e. The molecule has 0 saturated carbocycles. The maximum Gasteiger partial charge on any atom is 0.276 e. The van der Waals surface area contributed by atoms with Gasteiger partial charge in [-0.25, -0.2) is 0 Å². The van der Waals surface area contributed by atoms with Gasteiger partial charge in [0.1, 0.15) is 11.7 Å². The highest BCUT2D eigenvalue weighted by Gasteiger charge is 2.47. The lowest BCUT2D eigenvalue weighted by atomic mass is 10.1. The van der Waals surface area contributed by atoms with Crippen LogP contribution in [0.1, 0.15) is 42.4 Å². The van der Waals surface area contributed by atoms with Crippen molar-refractivity contribution in [3.63, 3.8) is 0 Å². The molecular weight excluding hydrogens is 326 g/mol. The fourth-order valence-corrected chi connectivity index (χ4v) is 4.82. The molecular formula is C20H28N5O+. The van der Waals surface area contributed by atoms with E-state index in [4.69, 9.17) is 0 Å². The Balaban J connectivity index is 1.55. The summed E-state index contributed by atoms with van der Waals surface area (Å²) in [7, 11) is 0. The second-order valence-electron chi connectivity index (χ2n) is 7.73. The van der Waals surface area contributed by atoms with Crippen LogP contribution in [0.5, 0.6) is 0 Å². The number of anilines is 1. The van der Waals surface area contributed by atoms with Gasteiger partial charge >= 0.3 is 0 Å². The first-order valence-corrected chi connectivity index (χ1v) is 9.62. The average molecular weight is 354 g/mol. The molecule has 3 atom stereocenters. The van der Waals surface area contributed by atoms with Crippen LogP contribution in [0, 0.1) is 6.92 Å². The zero-order chi connectivity index (χ0) is 18.1. The van der Waals surface area contributed by atoms with Gasteiger partial charge in [0.2, 0.25) is 0 Å². The predicted octanol–water partition coefficient (Wildman–Crippen LogP) is 2.82. The van der Waals surface area contributed by atoms with Crippen molar-refractivity contribution in [2.24, 2.45) is 0 Å². The molecule has 6 heteroatoms. The molecule has 3 unspecified atom stereocenters. The number of rotatable bonds is 4. The van der Waals surface area contributed by atoms with Crippen LogP contribution in [0.3, 0.4) is 0 Å². The van der Waals surface area contributed by atoms with Gasteiger partial charge in [-0.1, -0.05) is 0 Å². The van der Waals surface area contributed by atoms with E-state index in [2.05, 4.69) is 39.9 Å². The number of hydrogen-bond donors (Lipinski definition) is 3. The summed E-state index contributed by atoms with van der Waals surface area (Å²) < 4.78 is 1.08. The molecule has 6 nitrogen and oxygen atoms in total. The lowest BCUT2D eigenvalue weighted by Crippen LogP contribution is -2.59. The first kappa shape index (κ1) is 17.2. The van der Waals surface area contributed by atoms with Crippen molar-refractivity contribution in [3.8, 4) is 0 Å². The number of hydrogen-bond acceptors (Lipinski definition) is 3.